The van der Waals surface area contributed by atoms with Crippen molar-refractivity contribution in [2.24, 2.45) is 0 Å². The van der Waals surface area contributed by atoms with Crippen LogP contribution in [0.3, 0.4) is 0 Å². The van der Waals surface area contributed by atoms with Gasteiger partial charge < -0.3 is 14.4 Å². The number of benzene rings is 1. The molecule has 112 valence electrons. The van der Waals surface area contributed by atoms with Crippen molar-refractivity contribution in [2.45, 2.75) is 25.7 Å². The average molecular weight is 287 g/mol. The summed E-state index contributed by atoms with van der Waals surface area (Å²) < 4.78 is 10.8. The second kappa shape index (κ2) is 6.20. The molecule has 1 aromatic rings. The van der Waals surface area contributed by atoms with Crippen molar-refractivity contribution >= 4 is 5.91 Å². The lowest BCUT2D eigenvalue weighted by Gasteiger charge is -2.28. The van der Waals surface area contributed by atoms with Crippen LogP contribution < -0.4 is 9.47 Å². The van der Waals surface area contributed by atoms with Gasteiger partial charge in [-0.05, 0) is 37.8 Å². The summed E-state index contributed by atoms with van der Waals surface area (Å²) in [6.45, 7) is 1.73. The SMILES string of the molecule is COc1ccccc1OCC(=O)N1CCC(=C2CC2)CC1. The summed E-state index contributed by atoms with van der Waals surface area (Å²) in [5.74, 6) is 1.33. The first-order chi connectivity index (χ1) is 10.3. The number of hydrogen-bond donors (Lipinski definition) is 0. The fourth-order valence-electron chi connectivity index (χ4n) is 2.76. The van der Waals surface area contributed by atoms with E-state index in [0.29, 0.717) is 11.5 Å². The zero-order valence-electron chi connectivity index (χ0n) is 12.4. The van der Waals surface area contributed by atoms with Crippen molar-refractivity contribution in [2.75, 3.05) is 26.8 Å². The number of rotatable bonds is 4. The fraction of sp³-hybridized carbons (Fsp3) is 0.471. The van der Waals surface area contributed by atoms with E-state index in [-0.39, 0.29) is 12.5 Å². The number of nitrogens with zero attached hydrogens (tertiary/aromatic N) is 1. The third-order valence-corrected chi connectivity index (χ3v) is 4.14. The quantitative estimate of drug-likeness (QED) is 0.799. The third-order valence-electron chi connectivity index (χ3n) is 4.14. The molecular formula is C17H21NO3. The minimum Gasteiger partial charge on any atom is -0.493 e. The first-order valence-electron chi connectivity index (χ1n) is 7.51. The van der Waals surface area contributed by atoms with E-state index in [0.717, 1.165) is 25.9 Å². The second-order valence-electron chi connectivity index (χ2n) is 5.53. The lowest BCUT2D eigenvalue weighted by atomic mass is 10.0. The van der Waals surface area contributed by atoms with Gasteiger partial charge in [-0.25, -0.2) is 0 Å². The van der Waals surface area contributed by atoms with Gasteiger partial charge >= 0.3 is 0 Å². The van der Waals surface area contributed by atoms with Crippen LogP contribution in [0.1, 0.15) is 25.7 Å². The highest BCUT2D eigenvalue weighted by molar-refractivity contribution is 5.78. The molecule has 1 heterocycles. The maximum Gasteiger partial charge on any atom is 0.260 e. The van der Waals surface area contributed by atoms with Crippen molar-refractivity contribution in [1.29, 1.82) is 0 Å². The number of piperidine rings is 1. The lowest BCUT2D eigenvalue weighted by molar-refractivity contribution is -0.133. The predicted molar refractivity (Wildman–Crippen MR) is 80.6 cm³/mol. The highest BCUT2D eigenvalue weighted by Crippen LogP contribution is 2.36. The molecule has 2 fully saturated rings. The normalized spacial score (nSPS) is 17.7. The Hall–Kier alpha value is -1.97. The number of carbonyl (C=O) groups excluding carboxylic acids is 1. The minimum absolute atomic E-state index is 0.0563. The lowest BCUT2D eigenvalue weighted by Crippen LogP contribution is -2.39. The molecule has 3 rings (SSSR count). The summed E-state index contributed by atoms with van der Waals surface area (Å²) in [6.07, 6.45) is 4.63. The molecule has 1 saturated heterocycles. The van der Waals surface area contributed by atoms with E-state index in [9.17, 15) is 4.79 Å². The Balaban J connectivity index is 1.51. The summed E-state index contributed by atoms with van der Waals surface area (Å²) in [4.78, 5) is 14.1. The Bertz CT molecular complexity index is 549. The molecule has 1 aromatic carbocycles. The minimum atomic E-state index is 0.0563. The summed E-state index contributed by atoms with van der Waals surface area (Å²) in [5.41, 5.74) is 3.22. The Morgan fingerprint density at radius 3 is 2.29 bits per heavy atom. The monoisotopic (exact) mass is 287 g/mol. The van der Waals surface area contributed by atoms with Crippen molar-refractivity contribution in [3.8, 4) is 11.5 Å². The number of para-hydroxylation sites is 2. The Kier molecular flexibility index (Phi) is 4.13. The van der Waals surface area contributed by atoms with Gasteiger partial charge in [0.25, 0.3) is 5.91 Å². The number of methoxy groups -OCH3 is 1. The third kappa shape index (κ3) is 3.38. The van der Waals surface area contributed by atoms with Gasteiger partial charge in [-0.2, -0.15) is 0 Å². The standard InChI is InChI=1S/C17H21NO3/c1-20-15-4-2-3-5-16(15)21-12-17(19)18-10-8-14(9-11-18)13-6-7-13/h2-5H,6-12H2,1H3. The molecule has 0 aromatic heterocycles. The van der Waals surface area contributed by atoms with E-state index in [1.807, 2.05) is 29.2 Å². The largest absolute Gasteiger partial charge is 0.493 e. The number of hydrogen-bond acceptors (Lipinski definition) is 3. The van der Waals surface area contributed by atoms with E-state index < -0.39 is 0 Å². The molecule has 1 amide bonds. The van der Waals surface area contributed by atoms with Gasteiger partial charge in [-0.3, -0.25) is 4.79 Å². The number of ether oxygens (including phenoxy) is 2. The van der Waals surface area contributed by atoms with Gasteiger partial charge in [0.2, 0.25) is 0 Å². The van der Waals surface area contributed by atoms with Crippen molar-refractivity contribution < 1.29 is 14.3 Å². The number of allylic oxidation sites excluding steroid dienone is 1. The van der Waals surface area contributed by atoms with Gasteiger partial charge in [0, 0.05) is 13.1 Å². The maximum absolute atomic E-state index is 12.2. The van der Waals surface area contributed by atoms with Gasteiger partial charge in [-0.15, -0.1) is 0 Å². The molecule has 21 heavy (non-hydrogen) atoms. The van der Waals surface area contributed by atoms with Crippen LogP contribution in [0.5, 0.6) is 11.5 Å². The Morgan fingerprint density at radius 1 is 1.05 bits per heavy atom. The molecule has 4 heteroatoms. The van der Waals surface area contributed by atoms with Crippen molar-refractivity contribution in [1.82, 2.24) is 4.90 Å². The second-order valence-corrected chi connectivity index (χ2v) is 5.53. The van der Waals surface area contributed by atoms with E-state index in [2.05, 4.69) is 0 Å². The number of carbonyl (C=O) groups is 1. The zero-order chi connectivity index (χ0) is 14.7. The molecule has 2 aliphatic rings. The Labute approximate surface area is 125 Å². The van der Waals surface area contributed by atoms with Crippen LogP contribution >= 0.6 is 0 Å². The van der Waals surface area contributed by atoms with E-state index >= 15 is 0 Å². The van der Waals surface area contributed by atoms with Gasteiger partial charge in [0.1, 0.15) is 0 Å². The summed E-state index contributed by atoms with van der Waals surface area (Å²) in [5, 5.41) is 0. The molecular weight excluding hydrogens is 266 g/mol. The van der Waals surface area contributed by atoms with E-state index in [4.69, 9.17) is 9.47 Å². The van der Waals surface area contributed by atoms with E-state index in [1.54, 1.807) is 18.3 Å². The van der Waals surface area contributed by atoms with Crippen LogP contribution in [0.4, 0.5) is 0 Å². The molecule has 1 aliphatic heterocycles. The van der Waals surface area contributed by atoms with Crippen LogP contribution in [0.15, 0.2) is 35.4 Å². The highest BCUT2D eigenvalue weighted by Gasteiger charge is 2.24. The summed E-state index contributed by atoms with van der Waals surface area (Å²) in [6, 6.07) is 7.40. The van der Waals surface area contributed by atoms with Gasteiger partial charge in [0.15, 0.2) is 18.1 Å². The molecule has 0 atom stereocenters. The van der Waals surface area contributed by atoms with Crippen LogP contribution in [0, 0.1) is 0 Å². The molecule has 0 bridgehead atoms. The van der Waals surface area contributed by atoms with Crippen molar-refractivity contribution in [3.05, 3.63) is 35.4 Å². The molecule has 4 nitrogen and oxygen atoms in total. The summed E-state index contributed by atoms with van der Waals surface area (Å²) >= 11 is 0. The first-order valence-corrected chi connectivity index (χ1v) is 7.51. The molecule has 0 spiro atoms. The molecule has 0 unspecified atom stereocenters. The topological polar surface area (TPSA) is 38.8 Å². The molecule has 0 radical (unpaired) electrons. The van der Waals surface area contributed by atoms with Crippen LogP contribution in [-0.4, -0.2) is 37.6 Å². The van der Waals surface area contributed by atoms with Crippen LogP contribution in [0.25, 0.3) is 0 Å². The van der Waals surface area contributed by atoms with Gasteiger partial charge in [0.05, 0.1) is 7.11 Å². The van der Waals surface area contributed by atoms with E-state index in [1.165, 1.54) is 12.8 Å². The smallest absolute Gasteiger partial charge is 0.260 e. The Morgan fingerprint density at radius 2 is 1.67 bits per heavy atom. The average Bonchev–Trinajstić information content (AvgIpc) is 3.38. The molecule has 0 N–H and O–H groups in total. The maximum atomic E-state index is 12.2. The predicted octanol–water partition coefficient (Wildman–Crippen LogP) is 2.79. The fourth-order valence-corrected chi connectivity index (χ4v) is 2.76. The van der Waals surface area contributed by atoms with Crippen LogP contribution in [-0.2, 0) is 4.79 Å². The highest BCUT2D eigenvalue weighted by atomic mass is 16.5. The zero-order valence-corrected chi connectivity index (χ0v) is 12.4. The van der Waals surface area contributed by atoms with Crippen molar-refractivity contribution in [3.63, 3.8) is 0 Å². The number of amides is 1. The van der Waals surface area contributed by atoms with Gasteiger partial charge in [-0.1, -0.05) is 23.3 Å². The van der Waals surface area contributed by atoms with Crippen LogP contribution in [0.2, 0.25) is 0 Å². The number of likely N-dealkylation sites (tertiary alicyclic amines) is 1. The molecule has 1 aliphatic carbocycles. The summed E-state index contributed by atoms with van der Waals surface area (Å²) in [7, 11) is 1.60. The molecule has 1 saturated carbocycles. The first kappa shape index (κ1) is 14.0.